The maximum Gasteiger partial charge on any atom is 0.270 e. The lowest BCUT2D eigenvalue weighted by atomic mass is 10.1. The second-order valence-electron chi connectivity index (χ2n) is 5.23. The van der Waals surface area contributed by atoms with Crippen molar-refractivity contribution in [2.75, 3.05) is 19.6 Å². The molecule has 5 nitrogen and oxygen atoms in total. The molecule has 19 heavy (non-hydrogen) atoms. The van der Waals surface area contributed by atoms with Gasteiger partial charge in [-0.05, 0) is 33.3 Å². The number of Topliss-reactive ketones (excluding diaryl/α,β-unsaturated/α-hetero) is 1. The monoisotopic (exact) mass is 263 g/mol. The summed E-state index contributed by atoms with van der Waals surface area (Å²) in [7, 11) is 0. The fourth-order valence-electron chi connectivity index (χ4n) is 2.78. The van der Waals surface area contributed by atoms with Gasteiger partial charge in [0.2, 0.25) is 0 Å². The van der Waals surface area contributed by atoms with Gasteiger partial charge in [0.15, 0.2) is 5.78 Å². The van der Waals surface area contributed by atoms with Crippen LogP contribution in [-0.4, -0.2) is 47.3 Å². The summed E-state index contributed by atoms with van der Waals surface area (Å²) in [5.41, 5.74) is 2.74. The van der Waals surface area contributed by atoms with Crippen molar-refractivity contribution in [2.24, 2.45) is 0 Å². The van der Waals surface area contributed by atoms with Gasteiger partial charge in [-0.15, -0.1) is 0 Å². The first kappa shape index (κ1) is 13.8. The van der Waals surface area contributed by atoms with Gasteiger partial charge in [0.1, 0.15) is 5.69 Å². The molecule has 2 rings (SSSR count). The van der Waals surface area contributed by atoms with Gasteiger partial charge >= 0.3 is 0 Å². The van der Waals surface area contributed by atoms with Crippen LogP contribution in [0.4, 0.5) is 0 Å². The molecular weight excluding hydrogens is 242 g/mol. The first-order valence-corrected chi connectivity index (χ1v) is 6.65. The molecule has 0 aromatic carbocycles. The van der Waals surface area contributed by atoms with Gasteiger partial charge in [0.25, 0.3) is 5.91 Å². The highest BCUT2D eigenvalue weighted by molar-refractivity contribution is 6.02. The first-order chi connectivity index (χ1) is 8.93. The van der Waals surface area contributed by atoms with E-state index in [4.69, 9.17) is 0 Å². The van der Waals surface area contributed by atoms with Gasteiger partial charge in [-0.25, -0.2) is 0 Å². The van der Waals surface area contributed by atoms with Crippen LogP contribution in [0, 0.1) is 13.8 Å². The summed E-state index contributed by atoms with van der Waals surface area (Å²) in [6.45, 7) is 9.55. The molecule has 2 N–H and O–H groups in total. The minimum atomic E-state index is -0.0119. The zero-order valence-electron chi connectivity index (χ0n) is 12.0. The zero-order chi connectivity index (χ0) is 14.2. The topological polar surface area (TPSA) is 65.2 Å². The number of ketones is 1. The standard InChI is InChI=1S/C14H21N3O2/c1-8-7-15-5-6-17(8)14(19)13-9(2)12(11(4)18)10(3)16-13/h8,15-16H,5-7H2,1-4H3/t8-/m0/s1. The summed E-state index contributed by atoms with van der Waals surface area (Å²) in [5.74, 6) is -0.0132. The number of H-pyrrole nitrogens is 1. The normalized spacial score (nSPS) is 19.6. The maximum atomic E-state index is 12.6. The van der Waals surface area contributed by atoms with E-state index in [1.54, 1.807) is 0 Å². The van der Waals surface area contributed by atoms with Crippen molar-refractivity contribution >= 4 is 11.7 Å². The molecule has 0 unspecified atom stereocenters. The Kier molecular flexibility index (Phi) is 3.75. The number of aromatic amines is 1. The molecule has 1 aliphatic heterocycles. The molecule has 2 heterocycles. The number of carbonyl (C=O) groups is 2. The summed E-state index contributed by atoms with van der Waals surface area (Å²) in [6, 6.07) is 0.171. The average Bonchev–Trinajstić information content (AvgIpc) is 2.64. The number of rotatable bonds is 2. The number of piperazine rings is 1. The van der Waals surface area contributed by atoms with Crippen molar-refractivity contribution < 1.29 is 9.59 Å². The van der Waals surface area contributed by atoms with Crippen LogP contribution in [0.5, 0.6) is 0 Å². The molecule has 1 fully saturated rings. The molecule has 1 atom stereocenters. The van der Waals surface area contributed by atoms with Gasteiger partial charge in [-0.1, -0.05) is 0 Å². The summed E-state index contributed by atoms with van der Waals surface area (Å²) < 4.78 is 0. The number of amides is 1. The predicted molar refractivity (Wildman–Crippen MR) is 73.6 cm³/mol. The molecule has 0 bridgehead atoms. The van der Waals surface area contributed by atoms with E-state index in [-0.39, 0.29) is 17.7 Å². The number of hydrogen-bond donors (Lipinski definition) is 2. The Labute approximate surface area is 113 Å². The fourth-order valence-corrected chi connectivity index (χ4v) is 2.78. The molecule has 0 saturated carbocycles. The molecule has 1 aliphatic rings. The molecule has 1 saturated heterocycles. The van der Waals surface area contributed by atoms with Crippen LogP contribution >= 0.6 is 0 Å². The average molecular weight is 263 g/mol. The number of hydrogen-bond acceptors (Lipinski definition) is 3. The van der Waals surface area contributed by atoms with Crippen molar-refractivity contribution in [1.29, 1.82) is 0 Å². The van der Waals surface area contributed by atoms with Crippen LogP contribution in [0.1, 0.15) is 46.0 Å². The first-order valence-electron chi connectivity index (χ1n) is 6.65. The third kappa shape index (κ3) is 2.42. The van der Waals surface area contributed by atoms with Crippen molar-refractivity contribution in [3.05, 3.63) is 22.5 Å². The molecule has 1 aromatic rings. The van der Waals surface area contributed by atoms with Gasteiger partial charge in [0, 0.05) is 36.9 Å². The van der Waals surface area contributed by atoms with E-state index < -0.39 is 0 Å². The third-order valence-corrected chi connectivity index (χ3v) is 3.77. The van der Waals surface area contributed by atoms with Gasteiger partial charge in [-0.3, -0.25) is 9.59 Å². The van der Waals surface area contributed by atoms with Crippen molar-refractivity contribution in [2.45, 2.75) is 33.7 Å². The van der Waals surface area contributed by atoms with Gasteiger partial charge in [-0.2, -0.15) is 0 Å². The second-order valence-corrected chi connectivity index (χ2v) is 5.23. The molecule has 0 aliphatic carbocycles. The highest BCUT2D eigenvalue weighted by Gasteiger charge is 2.28. The number of carbonyl (C=O) groups excluding carboxylic acids is 2. The zero-order valence-corrected chi connectivity index (χ0v) is 12.0. The van der Waals surface area contributed by atoms with E-state index in [2.05, 4.69) is 10.3 Å². The lowest BCUT2D eigenvalue weighted by Crippen LogP contribution is -2.52. The Bertz CT molecular complexity index is 519. The van der Waals surface area contributed by atoms with Crippen LogP contribution in [0.15, 0.2) is 0 Å². The Hall–Kier alpha value is -1.62. The van der Waals surface area contributed by atoms with Crippen LogP contribution < -0.4 is 5.32 Å². The SMILES string of the molecule is CC(=O)c1c(C)[nH]c(C(=O)N2CCNC[C@@H]2C)c1C. The van der Waals surface area contributed by atoms with Crippen LogP contribution in [0.3, 0.4) is 0 Å². The molecular formula is C14H21N3O2. The molecule has 0 radical (unpaired) electrons. The minimum Gasteiger partial charge on any atom is -0.354 e. The number of nitrogens with zero attached hydrogens (tertiary/aromatic N) is 1. The van der Waals surface area contributed by atoms with Gasteiger partial charge in [0.05, 0.1) is 0 Å². The van der Waals surface area contributed by atoms with Crippen molar-refractivity contribution in [3.8, 4) is 0 Å². The maximum absolute atomic E-state index is 12.6. The lowest BCUT2D eigenvalue weighted by Gasteiger charge is -2.33. The molecule has 1 aromatic heterocycles. The Balaban J connectivity index is 2.34. The van der Waals surface area contributed by atoms with Gasteiger partial charge < -0.3 is 15.2 Å². The summed E-state index contributed by atoms with van der Waals surface area (Å²) in [4.78, 5) is 29.1. The molecule has 0 spiro atoms. The van der Waals surface area contributed by atoms with E-state index in [1.165, 1.54) is 6.92 Å². The largest absolute Gasteiger partial charge is 0.354 e. The van der Waals surface area contributed by atoms with Crippen molar-refractivity contribution in [3.63, 3.8) is 0 Å². The predicted octanol–water partition coefficient (Wildman–Crippen LogP) is 1.27. The van der Waals surface area contributed by atoms with E-state index in [9.17, 15) is 9.59 Å². The lowest BCUT2D eigenvalue weighted by molar-refractivity contribution is 0.0649. The van der Waals surface area contributed by atoms with Crippen LogP contribution in [-0.2, 0) is 0 Å². The number of aromatic nitrogens is 1. The Morgan fingerprint density at radius 2 is 2.00 bits per heavy atom. The van der Waals surface area contributed by atoms with E-state index in [0.717, 1.165) is 24.3 Å². The summed E-state index contributed by atoms with van der Waals surface area (Å²) in [6.07, 6.45) is 0. The number of nitrogens with one attached hydrogen (secondary N) is 2. The van der Waals surface area contributed by atoms with E-state index in [1.807, 2.05) is 25.7 Å². The summed E-state index contributed by atoms with van der Waals surface area (Å²) >= 11 is 0. The summed E-state index contributed by atoms with van der Waals surface area (Å²) in [5, 5.41) is 3.26. The second kappa shape index (κ2) is 5.17. The highest BCUT2D eigenvalue weighted by atomic mass is 16.2. The Morgan fingerprint density at radius 1 is 1.32 bits per heavy atom. The quantitative estimate of drug-likeness (QED) is 0.790. The molecule has 1 amide bonds. The molecule has 104 valence electrons. The molecule has 5 heteroatoms. The van der Waals surface area contributed by atoms with Crippen LogP contribution in [0.25, 0.3) is 0 Å². The van der Waals surface area contributed by atoms with E-state index >= 15 is 0 Å². The Morgan fingerprint density at radius 3 is 2.53 bits per heavy atom. The van der Waals surface area contributed by atoms with Crippen molar-refractivity contribution in [1.82, 2.24) is 15.2 Å². The van der Waals surface area contributed by atoms with E-state index in [0.29, 0.717) is 17.8 Å². The highest BCUT2D eigenvalue weighted by Crippen LogP contribution is 2.21. The fraction of sp³-hybridized carbons (Fsp3) is 0.571. The smallest absolute Gasteiger partial charge is 0.270 e. The third-order valence-electron chi connectivity index (χ3n) is 3.77. The minimum absolute atomic E-state index is 0.00124. The van der Waals surface area contributed by atoms with Crippen LogP contribution in [0.2, 0.25) is 0 Å². The number of aryl methyl sites for hydroxylation is 1.